The number of aromatic amines is 1. The summed E-state index contributed by atoms with van der Waals surface area (Å²) in [4.78, 5) is 37.6. The molecule has 4 rings (SSSR count). The number of amides is 2. The number of piperidine rings is 1. The van der Waals surface area contributed by atoms with Crippen molar-refractivity contribution >= 4 is 11.8 Å². The third kappa shape index (κ3) is 4.02. The molecule has 0 spiro atoms. The highest BCUT2D eigenvalue weighted by Crippen LogP contribution is 2.27. The van der Waals surface area contributed by atoms with Gasteiger partial charge in [0.2, 0.25) is 5.91 Å². The number of rotatable bonds is 3. The van der Waals surface area contributed by atoms with Crippen LogP contribution >= 0.6 is 0 Å². The first-order valence-corrected chi connectivity index (χ1v) is 10.4. The van der Waals surface area contributed by atoms with Crippen LogP contribution in [0.25, 0.3) is 0 Å². The fourth-order valence-corrected chi connectivity index (χ4v) is 4.07. The number of carbonyl (C=O) groups is 2. The topological polar surface area (TPSA) is 95.1 Å². The molecule has 2 amide bonds. The second-order valence-electron chi connectivity index (χ2n) is 8.34. The van der Waals surface area contributed by atoms with Gasteiger partial charge in [-0.05, 0) is 24.8 Å². The number of hydrogen-bond acceptors (Lipinski definition) is 5. The van der Waals surface area contributed by atoms with Crippen LogP contribution in [0, 0.1) is 0 Å². The number of fused-ring (bicyclic) bond motifs is 1. The van der Waals surface area contributed by atoms with Gasteiger partial charge in [-0.3, -0.25) is 14.7 Å². The minimum Gasteiger partial charge on any atom is -0.338 e. The molecular weight excluding hydrogens is 368 g/mol. The summed E-state index contributed by atoms with van der Waals surface area (Å²) < 4.78 is 0. The molecule has 1 unspecified atom stereocenters. The Kier molecular flexibility index (Phi) is 5.34. The van der Waals surface area contributed by atoms with Crippen molar-refractivity contribution in [3.05, 3.63) is 40.7 Å². The number of aromatic nitrogens is 4. The summed E-state index contributed by atoms with van der Waals surface area (Å²) >= 11 is 0. The summed E-state index contributed by atoms with van der Waals surface area (Å²) in [5.41, 5.74) is 3.51. The highest BCUT2D eigenvalue weighted by Gasteiger charge is 2.29. The fourth-order valence-electron chi connectivity index (χ4n) is 4.07. The molecule has 4 heterocycles. The SMILES string of the molecule is CC(=O)N1CCc2nc(C3CCCN(C(=O)c4cc(C(C)C)[nH]n4)C3)ncc2C1. The van der Waals surface area contributed by atoms with Gasteiger partial charge in [-0.1, -0.05) is 13.8 Å². The first kappa shape index (κ1) is 19.5. The minimum atomic E-state index is -0.0343. The van der Waals surface area contributed by atoms with E-state index in [0.717, 1.165) is 48.6 Å². The van der Waals surface area contributed by atoms with Crippen LogP contribution in [-0.2, 0) is 17.8 Å². The molecule has 2 aliphatic heterocycles. The van der Waals surface area contributed by atoms with Gasteiger partial charge in [-0.15, -0.1) is 0 Å². The Hall–Kier alpha value is -2.77. The van der Waals surface area contributed by atoms with E-state index in [9.17, 15) is 9.59 Å². The molecule has 0 aromatic carbocycles. The Balaban J connectivity index is 1.47. The molecule has 0 radical (unpaired) electrons. The van der Waals surface area contributed by atoms with Gasteiger partial charge < -0.3 is 9.80 Å². The highest BCUT2D eigenvalue weighted by molar-refractivity contribution is 5.92. The van der Waals surface area contributed by atoms with Crippen molar-refractivity contribution in [2.24, 2.45) is 0 Å². The van der Waals surface area contributed by atoms with E-state index in [1.807, 2.05) is 22.1 Å². The van der Waals surface area contributed by atoms with Crippen molar-refractivity contribution in [2.75, 3.05) is 19.6 Å². The van der Waals surface area contributed by atoms with E-state index >= 15 is 0 Å². The Labute approximate surface area is 170 Å². The quantitative estimate of drug-likeness (QED) is 0.859. The van der Waals surface area contributed by atoms with Gasteiger partial charge in [-0.2, -0.15) is 5.10 Å². The molecular formula is C21H28N6O2. The molecule has 1 atom stereocenters. The van der Waals surface area contributed by atoms with Crippen molar-refractivity contribution < 1.29 is 9.59 Å². The molecule has 2 aromatic rings. The maximum Gasteiger partial charge on any atom is 0.274 e. The Morgan fingerprint density at radius 1 is 1.24 bits per heavy atom. The van der Waals surface area contributed by atoms with Crippen LogP contribution in [0.2, 0.25) is 0 Å². The number of hydrogen-bond donors (Lipinski definition) is 1. The average Bonchev–Trinajstić information content (AvgIpc) is 3.23. The van der Waals surface area contributed by atoms with Crippen LogP contribution in [0.5, 0.6) is 0 Å². The van der Waals surface area contributed by atoms with Gasteiger partial charge >= 0.3 is 0 Å². The van der Waals surface area contributed by atoms with Crippen molar-refractivity contribution in [2.45, 2.75) is 58.4 Å². The van der Waals surface area contributed by atoms with Crippen LogP contribution < -0.4 is 0 Å². The number of carbonyl (C=O) groups excluding carboxylic acids is 2. The Morgan fingerprint density at radius 3 is 2.79 bits per heavy atom. The molecule has 154 valence electrons. The normalized spacial score (nSPS) is 19.4. The first-order valence-electron chi connectivity index (χ1n) is 10.4. The van der Waals surface area contributed by atoms with E-state index in [2.05, 4.69) is 29.0 Å². The van der Waals surface area contributed by atoms with Gasteiger partial charge in [0.25, 0.3) is 5.91 Å². The zero-order chi connectivity index (χ0) is 20.5. The maximum absolute atomic E-state index is 12.9. The summed E-state index contributed by atoms with van der Waals surface area (Å²) in [6.07, 6.45) is 4.51. The van der Waals surface area contributed by atoms with Crippen molar-refractivity contribution in [1.29, 1.82) is 0 Å². The Bertz CT molecular complexity index is 922. The molecule has 8 nitrogen and oxygen atoms in total. The molecule has 1 fully saturated rings. The molecule has 2 aliphatic rings. The fraction of sp³-hybridized carbons (Fsp3) is 0.571. The first-order chi connectivity index (χ1) is 13.9. The summed E-state index contributed by atoms with van der Waals surface area (Å²) in [6, 6.07) is 1.85. The maximum atomic E-state index is 12.9. The molecule has 1 N–H and O–H groups in total. The highest BCUT2D eigenvalue weighted by atomic mass is 16.2. The number of nitrogens with zero attached hydrogens (tertiary/aromatic N) is 5. The van der Waals surface area contributed by atoms with Gasteiger partial charge in [0, 0.05) is 62.9 Å². The minimum absolute atomic E-state index is 0.0343. The van der Waals surface area contributed by atoms with Crippen molar-refractivity contribution in [3.63, 3.8) is 0 Å². The van der Waals surface area contributed by atoms with E-state index in [1.165, 1.54) is 0 Å². The smallest absolute Gasteiger partial charge is 0.274 e. The molecule has 2 aromatic heterocycles. The summed E-state index contributed by atoms with van der Waals surface area (Å²) in [5.74, 6) is 1.30. The summed E-state index contributed by atoms with van der Waals surface area (Å²) in [7, 11) is 0. The summed E-state index contributed by atoms with van der Waals surface area (Å²) in [6.45, 7) is 8.36. The average molecular weight is 396 g/mol. The van der Waals surface area contributed by atoms with Crippen LogP contribution in [0.15, 0.2) is 12.3 Å². The van der Waals surface area contributed by atoms with Gasteiger partial charge in [-0.25, -0.2) is 9.97 Å². The lowest BCUT2D eigenvalue weighted by molar-refractivity contribution is -0.129. The zero-order valence-electron chi connectivity index (χ0n) is 17.3. The standard InChI is InChI=1S/C21H28N6O2/c1-13(2)18-9-19(25-24-18)21(29)27-7-4-5-15(11-27)20-22-10-16-12-26(14(3)28)8-6-17(16)23-20/h9-10,13,15H,4-8,11-12H2,1-3H3,(H,24,25). The van der Waals surface area contributed by atoms with E-state index in [4.69, 9.17) is 4.98 Å². The lowest BCUT2D eigenvalue weighted by Crippen LogP contribution is -2.40. The Morgan fingerprint density at radius 2 is 2.07 bits per heavy atom. The number of H-pyrrole nitrogens is 1. The van der Waals surface area contributed by atoms with Crippen LogP contribution in [0.4, 0.5) is 0 Å². The molecule has 8 heteroatoms. The lowest BCUT2D eigenvalue weighted by Gasteiger charge is -2.32. The third-order valence-corrected chi connectivity index (χ3v) is 5.91. The van der Waals surface area contributed by atoms with E-state index in [1.54, 1.807) is 6.92 Å². The number of likely N-dealkylation sites (tertiary alicyclic amines) is 1. The van der Waals surface area contributed by atoms with E-state index < -0.39 is 0 Å². The number of nitrogens with one attached hydrogen (secondary N) is 1. The van der Waals surface area contributed by atoms with Gasteiger partial charge in [0.1, 0.15) is 11.5 Å². The zero-order valence-corrected chi connectivity index (χ0v) is 17.3. The predicted octanol–water partition coefficient (Wildman–Crippen LogP) is 2.25. The van der Waals surface area contributed by atoms with Crippen LogP contribution in [-0.4, -0.2) is 61.4 Å². The van der Waals surface area contributed by atoms with Gasteiger partial charge in [0.05, 0.1) is 5.69 Å². The van der Waals surface area contributed by atoms with Crippen molar-refractivity contribution in [1.82, 2.24) is 30.0 Å². The van der Waals surface area contributed by atoms with Crippen LogP contribution in [0.1, 0.15) is 78.7 Å². The van der Waals surface area contributed by atoms with Gasteiger partial charge in [0.15, 0.2) is 0 Å². The second-order valence-corrected chi connectivity index (χ2v) is 8.34. The van der Waals surface area contributed by atoms with E-state index in [-0.39, 0.29) is 17.7 Å². The van der Waals surface area contributed by atoms with Crippen molar-refractivity contribution in [3.8, 4) is 0 Å². The molecule has 0 aliphatic carbocycles. The molecule has 1 saturated heterocycles. The monoisotopic (exact) mass is 396 g/mol. The third-order valence-electron chi connectivity index (χ3n) is 5.91. The molecule has 29 heavy (non-hydrogen) atoms. The second kappa shape index (κ2) is 7.93. The van der Waals surface area contributed by atoms with Crippen LogP contribution in [0.3, 0.4) is 0 Å². The summed E-state index contributed by atoms with van der Waals surface area (Å²) in [5, 5.41) is 7.17. The molecule has 0 bridgehead atoms. The molecule has 0 saturated carbocycles. The largest absolute Gasteiger partial charge is 0.338 e. The predicted molar refractivity (Wildman–Crippen MR) is 107 cm³/mol. The van der Waals surface area contributed by atoms with E-state index in [0.29, 0.717) is 31.2 Å². The lowest BCUT2D eigenvalue weighted by atomic mass is 9.96.